The monoisotopic (exact) mass is 579 g/mol. The second-order valence-corrected chi connectivity index (χ2v) is 14.3. The third-order valence-corrected chi connectivity index (χ3v) is 12.0. The highest BCUT2D eigenvalue weighted by Gasteiger charge is 2.73. The number of carbonyl (C=O) groups is 3. The van der Waals surface area contributed by atoms with Crippen LogP contribution in [0.5, 0.6) is 0 Å². The lowest BCUT2D eigenvalue weighted by atomic mass is 9.73. The molecule has 8 heteroatoms. The average Bonchev–Trinajstić information content (AvgIpc) is 3.60. The van der Waals surface area contributed by atoms with Gasteiger partial charge in [-0.2, -0.15) is 0 Å². The number of ether oxygens (including phenoxy) is 1. The molecule has 4 fully saturated rings. The Morgan fingerprint density at radius 1 is 1.00 bits per heavy atom. The van der Waals surface area contributed by atoms with Gasteiger partial charge in [0.15, 0.2) is 0 Å². The third-order valence-electron chi connectivity index (χ3n) is 11.3. The molecule has 2 N–H and O–H groups in total. The van der Waals surface area contributed by atoms with E-state index in [1.165, 1.54) is 6.42 Å². The van der Waals surface area contributed by atoms with E-state index in [4.69, 9.17) is 4.74 Å². The number of thioether (sulfide) groups is 1. The van der Waals surface area contributed by atoms with Crippen LogP contribution in [0.15, 0.2) is 41.3 Å². The first-order valence-electron chi connectivity index (χ1n) is 15.6. The summed E-state index contributed by atoms with van der Waals surface area (Å²) in [5, 5.41) is 6.46. The summed E-state index contributed by atoms with van der Waals surface area (Å²) in [4.78, 5) is 45.7. The van der Waals surface area contributed by atoms with Gasteiger partial charge in [-0.3, -0.25) is 14.4 Å². The summed E-state index contributed by atoms with van der Waals surface area (Å²) in [6.07, 6.45) is 11.6. The number of anilines is 1. The molecule has 0 radical (unpaired) electrons. The van der Waals surface area contributed by atoms with Gasteiger partial charge < -0.3 is 20.3 Å². The molecular weight excluding hydrogens is 534 g/mol. The Hall–Kier alpha value is -2.32. The SMILES string of the molecule is CSc1cccc(NC(=O)[C@@H]2[C@@H]3C=C[C@]4(O3)[C@@H]2C(=O)N([C@@H]2CCC[C@H](C)[C@H]2C)[C@H]4C(=O)N[C@@H]2CCC[C@H](C)[C@@H]2C)c1. The first-order chi connectivity index (χ1) is 19.7. The van der Waals surface area contributed by atoms with E-state index in [1.807, 2.05) is 47.6 Å². The normalized spacial score (nSPS) is 41.4. The summed E-state index contributed by atoms with van der Waals surface area (Å²) >= 11 is 1.61. The molecule has 2 saturated heterocycles. The molecule has 0 aromatic heterocycles. The van der Waals surface area contributed by atoms with Gasteiger partial charge in [-0.25, -0.2) is 0 Å². The molecule has 5 aliphatic rings. The van der Waals surface area contributed by atoms with Crippen molar-refractivity contribution in [2.24, 2.45) is 35.5 Å². The Kier molecular flexibility index (Phi) is 7.77. The molecular formula is C33H45N3O4S. The van der Waals surface area contributed by atoms with E-state index in [0.717, 1.165) is 37.0 Å². The molecule has 1 aromatic carbocycles. The van der Waals surface area contributed by atoms with Crippen molar-refractivity contribution in [3.05, 3.63) is 36.4 Å². The minimum Gasteiger partial charge on any atom is -0.359 e. The summed E-state index contributed by atoms with van der Waals surface area (Å²) in [5.41, 5.74) is -0.423. The number of fused-ring (bicyclic) bond motifs is 1. The van der Waals surface area contributed by atoms with Crippen LogP contribution in [0.25, 0.3) is 0 Å². The van der Waals surface area contributed by atoms with Gasteiger partial charge in [0, 0.05) is 22.7 Å². The summed E-state index contributed by atoms with van der Waals surface area (Å²) in [6.45, 7) is 8.95. The quantitative estimate of drug-likeness (QED) is 0.355. The molecule has 41 heavy (non-hydrogen) atoms. The minimum atomic E-state index is -1.13. The summed E-state index contributed by atoms with van der Waals surface area (Å²) in [5.74, 6) is -0.239. The Bertz CT molecular complexity index is 1240. The lowest BCUT2D eigenvalue weighted by Crippen LogP contribution is -2.61. The fourth-order valence-electron chi connectivity index (χ4n) is 8.48. The van der Waals surface area contributed by atoms with Crippen LogP contribution in [0, 0.1) is 35.5 Å². The molecule has 11 atom stereocenters. The zero-order chi connectivity index (χ0) is 29.1. The number of carbonyl (C=O) groups excluding carboxylic acids is 3. The third kappa shape index (κ3) is 4.73. The second kappa shape index (κ2) is 11.1. The van der Waals surface area contributed by atoms with Crippen molar-refractivity contribution in [2.75, 3.05) is 11.6 Å². The van der Waals surface area contributed by atoms with Crippen LogP contribution in [-0.4, -0.2) is 58.7 Å². The summed E-state index contributed by atoms with van der Waals surface area (Å²) < 4.78 is 6.63. The van der Waals surface area contributed by atoms with Gasteiger partial charge >= 0.3 is 0 Å². The predicted octanol–water partition coefficient (Wildman–Crippen LogP) is 5.26. The maximum Gasteiger partial charge on any atom is 0.246 e. The van der Waals surface area contributed by atoms with Crippen molar-refractivity contribution in [1.82, 2.24) is 10.2 Å². The van der Waals surface area contributed by atoms with Crippen LogP contribution >= 0.6 is 11.8 Å². The van der Waals surface area contributed by atoms with Crippen LogP contribution in [-0.2, 0) is 19.1 Å². The maximum atomic E-state index is 14.6. The molecule has 1 spiro atoms. The van der Waals surface area contributed by atoms with Gasteiger partial charge in [0.1, 0.15) is 11.6 Å². The lowest BCUT2D eigenvalue weighted by Gasteiger charge is -2.44. The van der Waals surface area contributed by atoms with E-state index in [0.29, 0.717) is 23.4 Å². The summed E-state index contributed by atoms with van der Waals surface area (Å²) in [6, 6.07) is 6.98. The van der Waals surface area contributed by atoms with Crippen molar-refractivity contribution in [2.45, 2.75) is 101 Å². The van der Waals surface area contributed by atoms with Crippen molar-refractivity contribution < 1.29 is 19.1 Å². The number of benzene rings is 1. The van der Waals surface area contributed by atoms with Crippen LogP contribution in [0.1, 0.15) is 66.2 Å². The van der Waals surface area contributed by atoms with Gasteiger partial charge in [0.2, 0.25) is 17.7 Å². The van der Waals surface area contributed by atoms with Gasteiger partial charge in [0.05, 0.1) is 17.9 Å². The first-order valence-corrected chi connectivity index (χ1v) is 16.8. The van der Waals surface area contributed by atoms with Crippen molar-refractivity contribution in [3.63, 3.8) is 0 Å². The standard InChI is InChI=1S/C33H45N3O4S/c1-18-9-6-13-24(20(18)3)35-31(38)29-33-16-15-26(40-33)27(30(37)34-22-11-8-12-23(17-22)41-5)28(33)32(39)36(29)25-14-7-10-19(2)21(25)4/h8,11-12,15-21,24-29H,6-7,9-10,13-14H2,1-5H3,(H,34,37)(H,35,38)/t18-,19-,20-,21+,24+,25+,26-,27+,28-,29-,33-/m0/s1. The van der Waals surface area contributed by atoms with E-state index in [-0.39, 0.29) is 35.7 Å². The van der Waals surface area contributed by atoms with Crippen LogP contribution in [0.3, 0.4) is 0 Å². The van der Waals surface area contributed by atoms with E-state index in [2.05, 4.69) is 38.3 Å². The first kappa shape index (κ1) is 28.8. The zero-order valence-corrected chi connectivity index (χ0v) is 25.8. The number of nitrogens with one attached hydrogen (secondary N) is 2. The molecule has 6 rings (SSSR count). The number of likely N-dealkylation sites (tertiary alicyclic amines) is 1. The lowest BCUT2D eigenvalue weighted by molar-refractivity contribution is -0.146. The second-order valence-electron chi connectivity index (χ2n) is 13.4. The van der Waals surface area contributed by atoms with Crippen LogP contribution < -0.4 is 10.6 Å². The fourth-order valence-corrected chi connectivity index (χ4v) is 8.94. The zero-order valence-electron chi connectivity index (χ0n) is 25.0. The minimum absolute atomic E-state index is 0.0531. The van der Waals surface area contributed by atoms with Gasteiger partial charge in [-0.1, -0.05) is 71.6 Å². The number of hydrogen-bond donors (Lipinski definition) is 2. The smallest absolute Gasteiger partial charge is 0.246 e. The Balaban J connectivity index is 1.34. The summed E-state index contributed by atoms with van der Waals surface area (Å²) in [7, 11) is 0. The molecule has 3 aliphatic heterocycles. The predicted molar refractivity (Wildman–Crippen MR) is 161 cm³/mol. The molecule has 3 amide bonds. The molecule has 3 heterocycles. The fraction of sp³-hybridized carbons (Fsp3) is 0.667. The Morgan fingerprint density at radius 3 is 2.49 bits per heavy atom. The van der Waals surface area contributed by atoms with Crippen LogP contribution in [0.2, 0.25) is 0 Å². The molecule has 2 aliphatic carbocycles. The largest absolute Gasteiger partial charge is 0.359 e. The van der Waals surface area contributed by atoms with E-state index in [1.54, 1.807) is 11.8 Å². The van der Waals surface area contributed by atoms with Crippen LogP contribution in [0.4, 0.5) is 5.69 Å². The number of hydrogen-bond acceptors (Lipinski definition) is 5. The molecule has 2 bridgehead atoms. The number of nitrogens with zero attached hydrogens (tertiary/aromatic N) is 1. The molecule has 0 unspecified atom stereocenters. The van der Waals surface area contributed by atoms with Gasteiger partial charge in [0.25, 0.3) is 0 Å². The maximum absolute atomic E-state index is 14.6. The van der Waals surface area contributed by atoms with Crippen molar-refractivity contribution in [3.8, 4) is 0 Å². The van der Waals surface area contributed by atoms with E-state index >= 15 is 0 Å². The Morgan fingerprint density at radius 2 is 1.73 bits per heavy atom. The molecule has 222 valence electrons. The molecule has 2 saturated carbocycles. The number of amides is 3. The highest BCUT2D eigenvalue weighted by atomic mass is 32.2. The van der Waals surface area contributed by atoms with E-state index < -0.39 is 29.6 Å². The average molecular weight is 580 g/mol. The Labute approximate surface area is 248 Å². The van der Waals surface area contributed by atoms with Crippen molar-refractivity contribution >= 4 is 35.2 Å². The highest BCUT2D eigenvalue weighted by molar-refractivity contribution is 7.98. The van der Waals surface area contributed by atoms with Crippen molar-refractivity contribution in [1.29, 1.82) is 0 Å². The van der Waals surface area contributed by atoms with Gasteiger partial charge in [-0.15, -0.1) is 11.8 Å². The van der Waals surface area contributed by atoms with E-state index in [9.17, 15) is 14.4 Å². The molecule has 1 aromatic rings. The number of rotatable bonds is 6. The highest BCUT2D eigenvalue weighted by Crippen LogP contribution is 2.57. The topological polar surface area (TPSA) is 87.7 Å². The van der Waals surface area contributed by atoms with Gasteiger partial charge in [-0.05, 0) is 61.0 Å². The molecule has 7 nitrogen and oxygen atoms in total.